The van der Waals surface area contributed by atoms with Gasteiger partial charge in [0.25, 0.3) is 5.69 Å². The van der Waals surface area contributed by atoms with Crippen LogP contribution in [0.15, 0.2) is 18.2 Å². The van der Waals surface area contributed by atoms with E-state index in [1.165, 1.54) is 12.1 Å². The molecule has 0 atom stereocenters. The highest BCUT2D eigenvalue weighted by atomic mass is 35.5. The molecule has 0 aliphatic carbocycles. The van der Waals surface area contributed by atoms with Gasteiger partial charge in [0, 0.05) is 23.2 Å². The van der Waals surface area contributed by atoms with E-state index < -0.39 is 0 Å². The smallest absolute Gasteiger partial charge is 0.159 e. The molecule has 0 fully saturated rings. The molecule has 1 radical (unpaired) electrons. The van der Waals surface area contributed by atoms with Crippen molar-refractivity contribution < 1.29 is 4.87 Å². The van der Waals surface area contributed by atoms with Gasteiger partial charge in [-0.15, -0.1) is 0 Å². The van der Waals surface area contributed by atoms with E-state index in [2.05, 4.69) is 6.07 Å². The lowest BCUT2D eigenvalue weighted by atomic mass is 10.3. The molecule has 0 saturated heterocycles. The van der Waals surface area contributed by atoms with Crippen LogP contribution >= 0.6 is 11.6 Å². The lowest BCUT2D eigenvalue weighted by Crippen LogP contribution is -2.08. The van der Waals surface area contributed by atoms with Gasteiger partial charge in [0.2, 0.25) is 0 Å². The fourth-order valence-corrected chi connectivity index (χ4v) is 0.652. The first kappa shape index (κ1) is 7.02. The van der Waals surface area contributed by atoms with Crippen molar-refractivity contribution in [1.29, 1.82) is 0 Å². The average molecular weight is 157 g/mol. The summed E-state index contributed by atoms with van der Waals surface area (Å²) < 4.78 is 0. The van der Waals surface area contributed by atoms with Crippen LogP contribution in [-0.4, -0.2) is 4.87 Å². The number of hydrazine groups is 1. The van der Waals surface area contributed by atoms with Gasteiger partial charge in [-0.25, -0.2) is 0 Å². The topological polar surface area (TPSA) is 46.1 Å². The summed E-state index contributed by atoms with van der Waals surface area (Å²) in [5.41, 5.74) is 0.337. The van der Waals surface area contributed by atoms with Crippen molar-refractivity contribution in [1.82, 2.24) is 0 Å². The van der Waals surface area contributed by atoms with E-state index in [-0.39, 0.29) is 4.87 Å². The summed E-state index contributed by atoms with van der Waals surface area (Å²) in [4.78, 5) is 10.6. The summed E-state index contributed by atoms with van der Waals surface area (Å²) in [7, 11) is 0. The minimum Gasteiger partial charge on any atom is -0.159 e. The van der Waals surface area contributed by atoms with E-state index in [0.29, 0.717) is 10.7 Å². The summed E-state index contributed by atoms with van der Waals surface area (Å²) in [6.07, 6.45) is 0. The highest BCUT2D eigenvalue weighted by Gasteiger charge is 2.05. The van der Waals surface area contributed by atoms with Crippen molar-refractivity contribution in [3.8, 4) is 0 Å². The first-order valence-electron chi connectivity index (χ1n) is 2.59. The Morgan fingerprint density at radius 3 is 2.70 bits per heavy atom. The SMILES string of the molecule is N[N+](=O)c1c[c]c(Cl)cc1. The molecular formula is C6H5ClN2O+. The number of nitrogens with zero attached hydrogens (tertiary/aromatic N) is 1. The Kier molecular flexibility index (Phi) is 1.87. The molecule has 0 spiro atoms. The molecule has 0 heterocycles. The molecule has 1 rings (SSSR count). The summed E-state index contributed by atoms with van der Waals surface area (Å²) in [5.74, 6) is 4.88. The van der Waals surface area contributed by atoms with Gasteiger partial charge in [0.05, 0.1) is 4.91 Å². The molecule has 10 heavy (non-hydrogen) atoms. The fraction of sp³-hybridized carbons (Fsp3) is 0. The van der Waals surface area contributed by atoms with Gasteiger partial charge in [-0.1, -0.05) is 11.6 Å². The van der Waals surface area contributed by atoms with Crippen LogP contribution in [0, 0.1) is 11.0 Å². The predicted octanol–water partition coefficient (Wildman–Crippen LogP) is 1.42. The second kappa shape index (κ2) is 2.66. The van der Waals surface area contributed by atoms with Crippen LogP contribution in [0.4, 0.5) is 5.69 Å². The van der Waals surface area contributed by atoms with Gasteiger partial charge in [0.1, 0.15) is 0 Å². The van der Waals surface area contributed by atoms with Gasteiger partial charge < -0.3 is 0 Å². The largest absolute Gasteiger partial charge is 0.292 e. The summed E-state index contributed by atoms with van der Waals surface area (Å²) in [6.45, 7) is 0. The van der Waals surface area contributed by atoms with Crippen molar-refractivity contribution >= 4 is 17.3 Å². The third-order valence-electron chi connectivity index (χ3n) is 1.01. The average Bonchev–Trinajstić information content (AvgIpc) is 1.88. The van der Waals surface area contributed by atoms with Crippen LogP contribution in [0.25, 0.3) is 0 Å². The molecule has 0 unspecified atom stereocenters. The fourth-order valence-electron chi connectivity index (χ4n) is 0.535. The Morgan fingerprint density at radius 1 is 1.60 bits per heavy atom. The second-order valence-electron chi connectivity index (χ2n) is 1.72. The van der Waals surface area contributed by atoms with Crippen molar-refractivity contribution in [3.05, 3.63) is 34.2 Å². The van der Waals surface area contributed by atoms with Crippen molar-refractivity contribution in [2.75, 3.05) is 0 Å². The Labute approximate surface area is 62.9 Å². The monoisotopic (exact) mass is 156 g/mol. The molecule has 0 amide bonds. The molecular weight excluding hydrogens is 152 g/mol. The van der Waals surface area contributed by atoms with E-state index >= 15 is 0 Å². The van der Waals surface area contributed by atoms with E-state index in [0.717, 1.165) is 0 Å². The number of nitroso groups, excluding NO2 is 1. The van der Waals surface area contributed by atoms with Crippen molar-refractivity contribution in [2.45, 2.75) is 0 Å². The minimum absolute atomic E-state index is 0.257. The third kappa shape index (κ3) is 1.45. The predicted molar refractivity (Wildman–Crippen MR) is 37.8 cm³/mol. The summed E-state index contributed by atoms with van der Waals surface area (Å²) >= 11 is 5.50. The van der Waals surface area contributed by atoms with Crippen LogP contribution in [-0.2, 0) is 0 Å². The normalized spacial score (nSPS) is 9.30. The van der Waals surface area contributed by atoms with Gasteiger partial charge in [-0.05, 0) is 6.07 Å². The zero-order valence-corrected chi connectivity index (χ0v) is 5.80. The number of hydrogen-bond acceptors (Lipinski definition) is 1. The second-order valence-corrected chi connectivity index (χ2v) is 2.13. The zero-order valence-electron chi connectivity index (χ0n) is 5.04. The molecule has 0 aliphatic rings. The lowest BCUT2D eigenvalue weighted by molar-refractivity contribution is -0.474. The number of hydrogen-bond donors (Lipinski definition) is 1. The highest BCUT2D eigenvalue weighted by Crippen LogP contribution is 2.12. The van der Waals surface area contributed by atoms with Crippen LogP contribution in [0.1, 0.15) is 0 Å². The maximum Gasteiger partial charge on any atom is 0.292 e. The van der Waals surface area contributed by atoms with Gasteiger partial charge in [-0.3, -0.25) is 0 Å². The van der Waals surface area contributed by atoms with E-state index in [1.807, 2.05) is 0 Å². The Hall–Kier alpha value is -1.09. The highest BCUT2D eigenvalue weighted by molar-refractivity contribution is 6.30. The van der Waals surface area contributed by atoms with E-state index in [1.54, 1.807) is 6.07 Å². The molecule has 0 saturated carbocycles. The van der Waals surface area contributed by atoms with Gasteiger partial charge >= 0.3 is 0 Å². The van der Waals surface area contributed by atoms with Crippen molar-refractivity contribution in [2.24, 2.45) is 5.84 Å². The molecule has 3 nitrogen and oxygen atoms in total. The molecule has 1 aromatic carbocycles. The maximum absolute atomic E-state index is 10.4. The van der Waals surface area contributed by atoms with E-state index in [9.17, 15) is 4.91 Å². The number of nitrogens with two attached hydrogens (primary N) is 1. The van der Waals surface area contributed by atoms with Gasteiger partial charge in [0.15, 0.2) is 4.87 Å². The quantitative estimate of drug-likeness (QED) is 0.380. The Bertz CT molecular complexity index is 244. The van der Waals surface area contributed by atoms with Crippen LogP contribution in [0.5, 0.6) is 0 Å². The van der Waals surface area contributed by atoms with E-state index in [4.69, 9.17) is 17.4 Å². The Balaban J connectivity index is 3.00. The van der Waals surface area contributed by atoms with Crippen LogP contribution in [0.2, 0.25) is 5.02 Å². The molecule has 51 valence electrons. The number of benzene rings is 1. The molecule has 2 N–H and O–H groups in total. The molecule has 0 bridgehead atoms. The molecule has 4 heteroatoms. The van der Waals surface area contributed by atoms with Gasteiger partial charge in [-0.2, -0.15) is 5.84 Å². The lowest BCUT2D eigenvalue weighted by Gasteiger charge is -1.84. The Morgan fingerprint density at radius 2 is 2.30 bits per heavy atom. The number of rotatable bonds is 1. The summed E-state index contributed by atoms with van der Waals surface area (Å²) in [6, 6.07) is 7.12. The summed E-state index contributed by atoms with van der Waals surface area (Å²) in [5, 5.41) is 0.464. The first-order valence-corrected chi connectivity index (χ1v) is 2.97. The first-order chi connectivity index (χ1) is 4.70. The standard InChI is InChI=1S/C6H5ClN2O/c7-5-1-3-6(4-2-5)9(8)10/h1,3-4H,(H2,8,10)/q+1. The van der Waals surface area contributed by atoms with Crippen LogP contribution < -0.4 is 5.84 Å². The van der Waals surface area contributed by atoms with Crippen molar-refractivity contribution in [3.63, 3.8) is 0 Å². The zero-order chi connectivity index (χ0) is 7.56. The van der Waals surface area contributed by atoms with Crippen LogP contribution in [0.3, 0.4) is 0 Å². The molecule has 0 aromatic heterocycles. The molecule has 0 aliphatic heterocycles. The third-order valence-corrected chi connectivity index (χ3v) is 1.25. The maximum atomic E-state index is 10.4. The minimum atomic E-state index is 0.257. The molecule has 1 aromatic rings. The number of halogens is 1.